The molecule has 0 atom stereocenters. The number of esters is 1. The number of ether oxygens (including phenoxy) is 3. The maximum atomic E-state index is 10.9. The van der Waals surface area contributed by atoms with Crippen molar-refractivity contribution in [2.75, 3.05) is 20.8 Å². The normalized spacial score (nSPS) is 14.4. The molecule has 1 aromatic carbocycles. The third-order valence-corrected chi connectivity index (χ3v) is 2.42. The molecule has 0 amide bonds. The van der Waals surface area contributed by atoms with Gasteiger partial charge in [0, 0.05) is 11.6 Å². The van der Waals surface area contributed by atoms with Gasteiger partial charge < -0.3 is 14.2 Å². The lowest BCUT2D eigenvalue weighted by Crippen LogP contribution is -1.94. The van der Waals surface area contributed by atoms with Gasteiger partial charge in [-0.3, -0.25) is 0 Å². The summed E-state index contributed by atoms with van der Waals surface area (Å²) in [7, 11) is 3.16. The molecule has 1 aliphatic heterocycles. The smallest absolute Gasteiger partial charge is 0.331 e. The molecule has 0 aromatic heterocycles. The standard InChI is InChI=1S/C12H12O4/c1-14-10-4-3-8(5-11(10)15-2)9-6-12(13)16-7-9/h3-6H,7H2,1-2H3. The quantitative estimate of drug-likeness (QED) is 0.726. The van der Waals surface area contributed by atoms with Gasteiger partial charge in [0.1, 0.15) is 6.61 Å². The van der Waals surface area contributed by atoms with E-state index >= 15 is 0 Å². The van der Waals surface area contributed by atoms with Crippen LogP contribution >= 0.6 is 0 Å². The molecule has 84 valence electrons. The van der Waals surface area contributed by atoms with Gasteiger partial charge in [0.2, 0.25) is 0 Å². The molecule has 1 aromatic rings. The van der Waals surface area contributed by atoms with Gasteiger partial charge >= 0.3 is 5.97 Å². The van der Waals surface area contributed by atoms with Crippen molar-refractivity contribution in [3.8, 4) is 11.5 Å². The number of cyclic esters (lactones) is 1. The largest absolute Gasteiger partial charge is 0.493 e. The van der Waals surface area contributed by atoms with Crippen molar-refractivity contribution in [2.45, 2.75) is 0 Å². The van der Waals surface area contributed by atoms with E-state index in [1.165, 1.54) is 6.08 Å². The van der Waals surface area contributed by atoms with Gasteiger partial charge in [-0.1, -0.05) is 6.07 Å². The summed E-state index contributed by atoms with van der Waals surface area (Å²) in [6.07, 6.45) is 1.49. The Labute approximate surface area is 93.4 Å². The second-order valence-corrected chi connectivity index (χ2v) is 3.35. The van der Waals surface area contributed by atoms with Crippen LogP contribution in [0.3, 0.4) is 0 Å². The summed E-state index contributed by atoms with van der Waals surface area (Å²) < 4.78 is 15.2. The molecule has 0 bridgehead atoms. The van der Waals surface area contributed by atoms with Gasteiger partial charge in [0.15, 0.2) is 11.5 Å². The average molecular weight is 220 g/mol. The van der Waals surface area contributed by atoms with Crippen molar-refractivity contribution in [2.24, 2.45) is 0 Å². The number of hydrogen-bond donors (Lipinski definition) is 0. The predicted octanol–water partition coefficient (Wildman–Crippen LogP) is 1.64. The number of methoxy groups -OCH3 is 2. The van der Waals surface area contributed by atoms with E-state index in [-0.39, 0.29) is 5.97 Å². The molecule has 0 N–H and O–H groups in total. The van der Waals surface area contributed by atoms with Crippen LogP contribution in [0.2, 0.25) is 0 Å². The van der Waals surface area contributed by atoms with Crippen LogP contribution in [-0.4, -0.2) is 26.8 Å². The number of rotatable bonds is 3. The first-order valence-corrected chi connectivity index (χ1v) is 4.84. The van der Waals surface area contributed by atoms with E-state index in [4.69, 9.17) is 14.2 Å². The molecule has 16 heavy (non-hydrogen) atoms. The Hall–Kier alpha value is -1.97. The Morgan fingerprint density at radius 1 is 1.19 bits per heavy atom. The molecular weight excluding hydrogens is 208 g/mol. The zero-order valence-corrected chi connectivity index (χ0v) is 9.15. The van der Waals surface area contributed by atoms with Crippen LogP contribution in [0.5, 0.6) is 11.5 Å². The second-order valence-electron chi connectivity index (χ2n) is 3.35. The fraction of sp³-hybridized carbons (Fsp3) is 0.250. The SMILES string of the molecule is COc1ccc(C2=CC(=O)OC2)cc1OC. The van der Waals surface area contributed by atoms with E-state index in [2.05, 4.69) is 0 Å². The molecule has 2 rings (SSSR count). The molecule has 4 heteroatoms. The van der Waals surface area contributed by atoms with Crippen LogP contribution < -0.4 is 9.47 Å². The van der Waals surface area contributed by atoms with Crippen molar-refractivity contribution in [3.05, 3.63) is 29.8 Å². The first-order valence-electron chi connectivity index (χ1n) is 4.84. The summed E-state index contributed by atoms with van der Waals surface area (Å²) >= 11 is 0. The highest BCUT2D eigenvalue weighted by atomic mass is 16.5. The fourth-order valence-corrected chi connectivity index (χ4v) is 1.58. The van der Waals surface area contributed by atoms with Crippen LogP contribution in [0.25, 0.3) is 5.57 Å². The molecule has 4 nitrogen and oxygen atoms in total. The molecule has 0 radical (unpaired) electrons. The van der Waals surface area contributed by atoms with Crippen LogP contribution in [-0.2, 0) is 9.53 Å². The highest BCUT2D eigenvalue weighted by molar-refractivity contribution is 5.96. The van der Waals surface area contributed by atoms with E-state index in [0.717, 1.165) is 11.1 Å². The van der Waals surface area contributed by atoms with Crippen LogP contribution in [0.15, 0.2) is 24.3 Å². The zero-order chi connectivity index (χ0) is 11.5. The Morgan fingerprint density at radius 3 is 2.50 bits per heavy atom. The highest BCUT2D eigenvalue weighted by Gasteiger charge is 2.16. The van der Waals surface area contributed by atoms with Gasteiger partial charge in [-0.15, -0.1) is 0 Å². The van der Waals surface area contributed by atoms with Crippen LogP contribution in [0, 0.1) is 0 Å². The zero-order valence-electron chi connectivity index (χ0n) is 9.15. The predicted molar refractivity (Wildman–Crippen MR) is 58.5 cm³/mol. The van der Waals surface area contributed by atoms with E-state index < -0.39 is 0 Å². The van der Waals surface area contributed by atoms with Gasteiger partial charge in [-0.25, -0.2) is 4.79 Å². The van der Waals surface area contributed by atoms with Crippen LogP contribution in [0.1, 0.15) is 5.56 Å². The molecule has 0 aliphatic carbocycles. The minimum Gasteiger partial charge on any atom is -0.493 e. The van der Waals surface area contributed by atoms with Crippen LogP contribution in [0.4, 0.5) is 0 Å². The Kier molecular flexibility index (Phi) is 2.81. The molecule has 0 saturated carbocycles. The van der Waals surface area contributed by atoms with Crippen molar-refractivity contribution in [3.63, 3.8) is 0 Å². The topological polar surface area (TPSA) is 44.8 Å². The minimum atomic E-state index is -0.301. The van der Waals surface area contributed by atoms with Crippen molar-refractivity contribution in [1.82, 2.24) is 0 Å². The van der Waals surface area contributed by atoms with Gasteiger partial charge in [0.05, 0.1) is 14.2 Å². The van der Waals surface area contributed by atoms with Crippen molar-refractivity contribution in [1.29, 1.82) is 0 Å². The number of carbonyl (C=O) groups excluding carboxylic acids is 1. The third-order valence-electron chi connectivity index (χ3n) is 2.42. The summed E-state index contributed by atoms with van der Waals surface area (Å²) in [5, 5.41) is 0. The highest BCUT2D eigenvalue weighted by Crippen LogP contribution is 2.31. The first-order chi connectivity index (χ1) is 7.74. The molecule has 0 spiro atoms. The summed E-state index contributed by atoms with van der Waals surface area (Å²) in [6.45, 7) is 0.314. The monoisotopic (exact) mass is 220 g/mol. The molecule has 0 fully saturated rings. The van der Waals surface area contributed by atoms with Crippen molar-refractivity contribution >= 4 is 11.5 Å². The first kappa shape index (κ1) is 10.5. The number of carbonyl (C=O) groups is 1. The lowest BCUT2D eigenvalue weighted by atomic mass is 10.1. The summed E-state index contributed by atoms with van der Waals surface area (Å²) in [6, 6.07) is 5.50. The van der Waals surface area contributed by atoms with Gasteiger partial charge in [-0.2, -0.15) is 0 Å². The van der Waals surface area contributed by atoms with Crippen molar-refractivity contribution < 1.29 is 19.0 Å². The number of benzene rings is 1. The van der Waals surface area contributed by atoms with Gasteiger partial charge in [0.25, 0.3) is 0 Å². The van der Waals surface area contributed by atoms with E-state index in [1.807, 2.05) is 12.1 Å². The summed E-state index contributed by atoms with van der Waals surface area (Å²) in [4.78, 5) is 10.9. The maximum absolute atomic E-state index is 10.9. The fourth-order valence-electron chi connectivity index (χ4n) is 1.58. The lowest BCUT2D eigenvalue weighted by molar-refractivity contribution is -0.134. The Balaban J connectivity index is 2.36. The van der Waals surface area contributed by atoms with Gasteiger partial charge in [-0.05, 0) is 17.7 Å². The third kappa shape index (κ3) is 1.86. The molecular formula is C12H12O4. The average Bonchev–Trinajstić information content (AvgIpc) is 2.75. The molecule has 1 aliphatic rings. The Bertz CT molecular complexity index is 448. The summed E-state index contributed by atoms with van der Waals surface area (Å²) in [5.74, 6) is 1.00. The second kappa shape index (κ2) is 4.26. The lowest BCUT2D eigenvalue weighted by Gasteiger charge is -2.09. The Morgan fingerprint density at radius 2 is 1.94 bits per heavy atom. The van der Waals surface area contributed by atoms with E-state index in [0.29, 0.717) is 18.1 Å². The number of hydrogen-bond acceptors (Lipinski definition) is 4. The maximum Gasteiger partial charge on any atom is 0.331 e. The minimum absolute atomic E-state index is 0.301. The molecule has 0 unspecified atom stereocenters. The molecule has 0 saturated heterocycles. The molecule has 1 heterocycles. The summed E-state index contributed by atoms with van der Waals surface area (Å²) in [5.41, 5.74) is 1.76. The van der Waals surface area contributed by atoms with E-state index in [9.17, 15) is 4.79 Å². The van der Waals surface area contributed by atoms with E-state index in [1.54, 1.807) is 20.3 Å².